The highest BCUT2D eigenvalue weighted by molar-refractivity contribution is 6.33. The molecule has 3 rings (SSSR count). The van der Waals surface area contributed by atoms with E-state index < -0.39 is 0 Å². The van der Waals surface area contributed by atoms with Gasteiger partial charge in [0, 0.05) is 16.8 Å². The zero-order valence-corrected chi connectivity index (χ0v) is 16.3. The number of unbranched alkanes of at least 4 members (excludes halogenated alkanes) is 1. The third-order valence-corrected chi connectivity index (χ3v) is 4.52. The molecule has 0 saturated carbocycles. The number of amides is 1. The number of ether oxygens (including phenoxy) is 1. The van der Waals surface area contributed by atoms with Gasteiger partial charge in [-0.25, -0.2) is 0 Å². The Labute approximate surface area is 168 Å². The molecule has 0 atom stereocenters. The van der Waals surface area contributed by atoms with Crippen LogP contribution in [0, 0.1) is 0 Å². The summed E-state index contributed by atoms with van der Waals surface area (Å²) in [5.74, 6) is 1.49. The Hall–Kier alpha value is -2.76. The van der Waals surface area contributed by atoms with E-state index in [0.717, 1.165) is 18.6 Å². The number of aliphatic hydroxyl groups is 1. The molecule has 0 fully saturated rings. The van der Waals surface area contributed by atoms with Gasteiger partial charge in [0.25, 0.3) is 5.91 Å². The monoisotopic (exact) mass is 399 g/mol. The topological polar surface area (TPSA) is 71.7 Å². The van der Waals surface area contributed by atoms with Crippen molar-refractivity contribution in [1.82, 2.24) is 0 Å². The number of aliphatic hydroxyl groups excluding tert-OH is 1. The van der Waals surface area contributed by atoms with Gasteiger partial charge in [0.2, 0.25) is 0 Å². The molecule has 6 heteroatoms. The summed E-state index contributed by atoms with van der Waals surface area (Å²) in [7, 11) is 0. The van der Waals surface area contributed by atoms with Crippen molar-refractivity contribution in [3.63, 3.8) is 0 Å². The van der Waals surface area contributed by atoms with Crippen LogP contribution in [-0.4, -0.2) is 17.6 Å². The predicted molar refractivity (Wildman–Crippen MR) is 110 cm³/mol. The van der Waals surface area contributed by atoms with Crippen LogP contribution in [0.5, 0.6) is 5.75 Å². The first-order valence-corrected chi connectivity index (χ1v) is 9.52. The predicted octanol–water partition coefficient (Wildman–Crippen LogP) is 5.52. The maximum Gasteiger partial charge on any atom is 0.255 e. The Balaban J connectivity index is 1.71. The van der Waals surface area contributed by atoms with Gasteiger partial charge in [-0.2, -0.15) is 0 Å². The van der Waals surface area contributed by atoms with Crippen LogP contribution < -0.4 is 10.1 Å². The van der Waals surface area contributed by atoms with E-state index in [1.54, 1.807) is 54.6 Å². The Bertz CT molecular complexity index is 934. The highest BCUT2D eigenvalue weighted by Gasteiger charge is 2.12. The second-order valence-corrected chi connectivity index (χ2v) is 6.71. The summed E-state index contributed by atoms with van der Waals surface area (Å²) in [6, 6.07) is 15.6. The van der Waals surface area contributed by atoms with Crippen LogP contribution in [0.3, 0.4) is 0 Å². The number of benzene rings is 2. The summed E-state index contributed by atoms with van der Waals surface area (Å²) in [4.78, 5) is 12.5. The molecule has 146 valence electrons. The summed E-state index contributed by atoms with van der Waals surface area (Å²) in [6.45, 7) is 2.59. The number of halogens is 1. The van der Waals surface area contributed by atoms with Gasteiger partial charge >= 0.3 is 0 Å². The second kappa shape index (κ2) is 9.44. The van der Waals surface area contributed by atoms with Gasteiger partial charge in [0.15, 0.2) is 0 Å². The molecule has 0 spiro atoms. The highest BCUT2D eigenvalue weighted by atomic mass is 35.5. The van der Waals surface area contributed by atoms with E-state index in [4.69, 9.17) is 25.9 Å². The van der Waals surface area contributed by atoms with Crippen molar-refractivity contribution in [3.8, 4) is 17.1 Å². The molecule has 1 amide bonds. The van der Waals surface area contributed by atoms with E-state index in [2.05, 4.69) is 12.2 Å². The van der Waals surface area contributed by atoms with Gasteiger partial charge in [0.05, 0.1) is 11.6 Å². The van der Waals surface area contributed by atoms with Crippen molar-refractivity contribution >= 4 is 23.2 Å². The minimum Gasteiger partial charge on any atom is -0.494 e. The average molecular weight is 400 g/mol. The van der Waals surface area contributed by atoms with Gasteiger partial charge < -0.3 is 19.6 Å². The molecule has 0 bridgehead atoms. The van der Waals surface area contributed by atoms with Crippen molar-refractivity contribution in [2.24, 2.45) is 0 Å². The molecular formula is C22H22ClNO4. The Morgan fingerprint density at radius 1 is 1.14 bits per heavy atom. The SMILES string of the molecule is CCCCOc1ccc(C(=O)Nc2ccc(Cl)c(-c3ccc(CO)o3)c2)cc1. The van der Waals surface area contributed by atoms with Crippen molar-refractivity contribution in [3.05, 3.63) is 70.9 Å². The lowest BCUT2D eigenvalue weighted by molar-refractivity contribution is 0.102. The molecule has 0 unspecified atom stereocenters. The third kappa shape index (κ3) is 4.94. The first kappa shape index (κ1) is 20.0. The first-order chi connectivity index (χ1) is 13.6. The summed E-state index contributed by atoms with van der Waals surface area (Å²) in [6.07, 6.45) is 2.07. The van der Waals surface area contributed by atoms with Gasteiger partial charge in [-0.15, -0.1) is 0 Å². The largest absolute Gasteiger partial charge is 0.494 e. The molecule has 0 aliphatic heterocycles. The van der Waals surface area contributed by atoms with E-state index in [0.29, 0.717) is 40.0 Å². The maximum absolute atomic E-state index is 12.5. The van der Waals surface area contributed by atoms with Crippen LogP contribution in [0.4, 0.5) is 5.69 Å². The van der Waals surface area contributed by atoms with Crippen molar-refractivity contribution < 1.29 is 19.1 Å². The highest BCUT2D eigenvalue weighted by Crippen LogP contribution is 2.32. The van der Waals surface area contributed by atoms with Gasteiger partial charge in [-0.1, -0.05) is 24.9 Å². The normalized spacial score (nSPS) is 10.7. The number of rotatable bonds is 8. The van der Waals surface area contributed by atoms with Crippen LogP contribution in [0.1, 0.15) is 35.9 Å². The van der Waals surface area contributed by atoms with Crippen LogP contribution in [0.25, 0.3) is 11.3 Å². The molecule has 0 aliphatic rings. The summed E-state index contributed by atoms with van der Waals surface area (Å²) in [5, 5.41) is 12.5. The van der Waals surface area contributed by atoms with Crippen LogP contribution in [0.15, 0.2) is 59.0 Å². The van der Waals surface area contributed by atoms with Gasteiger partial charge in [-0.05, 0) is 61.0 Å². The molecule has 1 aromatic heterocycles. The molecule has 0 radical (unpaired) electrons. The molecule has 1 heterocycles. The Morgan fingerprint density at radius 2 is 1.93 bits per heavy atom. The van der Waals surface area contributed by atoms with E-state index >= 15 is 0 Å². The second-order valence-electron chi connectivity index (χ2n) is 6.30. The Kier molecular flexibility index (Phi) is 6.74. The fourth-order valence-corrected chi connectivity index (χ4v) is 2.85. The first-order valence-electron chi connectivity index (χ1n) is 9.14. The van der Waals surface area contributed by atoms with E-state index in [1.165, 1.54) is 0 Å². The maximum atomic E-state index is 12.5. The smallest absolute Gasteiger partial charge is 0.255 e. The molecule has 3 aromatic rings. The minimum atomic E-state index is -0.233. The number of carbonyl (C=O) groups is 1. The number of nitrogens with one attached hydrogen (secondary N) is 1. The zero-order chi connectivity index (χ0) is 19.9. The van der Waals surface area contributed by atoms with Crippen LogP contribution in [-0.2, 0) is 6.61 Å². The van der Waals surface area contributed by atoms with Crippen molar-refractivity contribution in [2.75, 3.05) is 11.9 Å². The lowest BCUT2D eigenvalue weighted by Gasteiger charge is -2.09. The van der Waals surface area contributed by atoms with Crippen molar-refractivity contribution in [2.45, 2.75) is 26.4 Å². The summed E-state index contributed by atoms with van der Waals surface area (Å²) >= 11 is 6.26. The van der Waals surface area contributed by atoms with E-state index in [9.17, 15) is 4.79 Å². The third-order valence-electron chi connectivity index (χ3n) is 4.19. The molecule has 28 heavy (non-hydrogen) atoms. The zero-order valence-electron chi connectivity index (χ0n) is 15.6. The van der Waals surface area contributed by atoms with E-state index in [1.807, 2.05) is 0 Å². The van der Waals surface area contributed by atoms with Gasteiger partial charge in [0.1, 0.15) is 23.9 Å². The lowest BCUT2D eigenvalue weighted by atomic mass is 10.1. The Morgan fingerprint density at radius 3 is 2.61 bits per heavy atom. The summed E-state index contributed by atoms with van der Waals surface area (Å²) in [5.41, 5.74) is 1.76. The van der Waals surface area contributed by atoms with Crippen molar-refractivity contribution in [1.29, 1.82) is 0 Å². The average Bonchev–Trinajstić information content (AvgIpc) is 3.19. The van der Waals surface area contributed by atoms with Crippen LogP contribution >= 0.6 is 11.6 Å². The number of anilines is 1. The molecule has 2 N–H and O–H groups in total. The standard InChI is InChI=1S/C22H22ClNO4/c1-2-3-12-27-17-7-4-15(5-8-17)22(26)24-16-6-10-20(23)19(13-16)21-11-9-18(14-25)28-21/h4-11,13,25H,2-3,12,14H2,1H3,(H,24,26). The lowest BCUT2D eigenvalue weighted by Crippen LogP contribution is -2.11. The number of hydrogen-bond donors (Lipinski definition) is 2. The molecule has 5 nitrogen and oxygen atoms in total. The molecule has 0 saturated heterocycles. The number of furan rings is 1. The summed E-state index contributed by atoms with van der Waals surface area (Å²) < 4.78 is 11.2. The number of carbonyl (C=O) groups excluding carboxylic acids is 1. The quantitative estimate of drug-likeness (QED) is 0.489. The van der Waals surface area contributed by atoms with E-state index in [-0.39, 0.29) is 12.5 Å². The fraction of sp³-hybridized carbons (Fsp3) is 0.227. The number of hydrogen-bond acceptors (Lipinski definition) is 4. The molecular weight excluding hydrogens is 378 g/mol. The molecule has 0 aliphatic carbocycles. The minimum absolute atomic E-state index is 0.188. The fourth-order valence-electron chi connectivity index (χ4n) is 2.64. The molecule has 2 aromatic carbocycles. The van der Waals surface area contributed by atoms with Crippen LogP contribution in [0.2, 0.25) is 5.02 Å². The van der Waals surface area contributed by atoms with Gasteiger partial charge in [-0.3, -0.25) is 4.79 Å².